The molecule has 0 bridgehead atoms. The van der Waals surface area contributed by atoms with E-state index in [0.717, 1.165) is 40.5 Å². The lowest BCUT2D eigenvalue weighted by molar-refractivity contribution is 0.805. The third-order valence-electron chi connectivity index (χ3n) is 10.8. The zero-order valence-corrected chi connectivity index (χ0v) is 28.3. The Balaban J connectivity index is 1.24. The Morgan fingerprint density at radius 1 is 0.577 bits per heavy atom. The molecule has 0 amide bonds. The van der Waals surface area contributed by atoms with Gasteiger partial charge < -0.3 is 14.8 Å². The fraction of sp³-hybridized carbons (Fsp3) is 0.0426. The second kappa shape index (κ2) is 11.3. The molecule has 0 saturated heterocycles. The molecule has 4 heterocycles. The molecule has 246 valence electrons. The minimum atomic E-state index is 0.00216. The van der Waals surface area contributed by atoms with Crippen LogP contribution in [0.15, 0.2) is 187 Å². The lowest BCUT2D eigenvalue weighted by atomic mass is 9.95. The molecule has 6 aromatic carbocycles. The highest BCUT2D eigenvalue weighted by Gasteiger charge is 2.32. The first-order valence-electron chi connectivity index (χ1n) is 17.9. The predicted molar refractivity (Wildman–Crippen MR) is 215 cm³/mol. The first kappa shape index (κ1) is 28.9. The molecule has 0 saturated carbocycles. The van der Waals surface area contributed by atoms with Gasteiger partial charge in [0.15, 0.2) is 0 Å². The maximum Gasteiger partial charge on any atom is 0.209 e. The Labute approximate surface area is 301 Å². The number of nitrogens with one attached hydrogen (secondary N) is 1. The summed E-state index contributed by atoms with van der Waals surface area (Å²) in [4.78, 5) is 7.93. The first-order chi connectivity index (χ1) is 25.8. The van der Waals surface area contributed by atoms with Gasteiger partial charge in [0.25, 0.3) is 0 Å². The smallest absolute Gasteiger partial charge is 0.209 e. The van der Waals surface area contributed by atoms with E-state index in [9.17, 15) is 0 Å². The number of aliphatic imine (C=N–C) groups is 1. The van der Waals surface area contributed by atoms with Gasteiger partial charge in [-0.3, -0.25) is 4.57 Å². The van der Waals surface area contributed by atoms with Crippen LogP contribution in [-0.4, -0.2) is 21.1 Å². The van der Waals surface area contributed by atoms with Gasteiger partial charge in [-0.2, -0.15) is 0 Å². The van der Waals surface area contributed by atoms with E-state index >= 15 is 0 Å². The highest BCUT2D eigenvalue weighted by atomic mass is 15.2. The van der Waals surface area contributed by atoms with Gasteiger partial charge in [-0.15, -0.1) is 0 Å². The molecule has 3 aliphatic rings. The van der Waals surface area contributed by atoms with Gasteiger partial charge in [0.2, 0.25) is 5.96 Å². The summed E-state index contributed by atoms with van der Waals surface area (Å²) in [7, 11) is 0. The van der Waals surface area contributed by atoms with Crippen molar-refractivity contribution >= 4 is 55.7 Å². The van der Waals surface area contributed by atoms with E-state index in [-0.39, 0.29) is 6.04 Å². The van der Waals surface area contributed by atoms with Crippen molar-refractivity contribution in [1.29, 1.82) is 0 Å². The van der Waals surface area contributed by atoms with Crippen LogP contribution in [0, 0.1) is 0 Å². The van der Waals surface area contributed by atoms with Gasteiger partial charge in [-0.1, -0.05) is 127 Å². The number of benzene rings is 6. The number of fused-ring (bicyclic) bond motifs is 9. The second-order valence-corrected chi connectivity index (χ2v) is 13.6. The molecular formula is C47H33N5. The number of aromatic nitrogens is 2. The molecule has 0 fully saturated rings. The Morgan fingerprint density at radius 2 is 1.23 bits per heavy atom. The molecule has 0 radical (unpaired) electrons. The number of nitrogens with zero attached hydrogens (tertiary/aromatic N) is 4. The molecule has 2 aliphatic heterocycles. The van der Waals surface area contributed by atoms with Crippen LogP contribution in [0.2, 0.25) is 0 Å². The van der Waals surface area contributed by atoms with Crippen molar-refractivity contribution in [1.82, 2.24) is 14.5 Å². The monoisotopic (exact) mass is 667 g/mol. The Kier molecular flexibility index (Phi) is 6.31. The van der Waals surface area contributed by atoms with E-state index in [1.807, 2.05) is 0 Å². The lowest BCUT2D eigenvalue weighted by Gasteiger charge is -2.33. The molecule has 5 heteroatoms. The van der Waals surface area contributed by atoms with Gasteiger partial charge in [0, 0.05) is 49.8 Å². The highest BCUT2D eigenvalue weighted by Crippen LogP contribution is 2.50. The van der Waals surface area contributed by atoms with E-state index in [1.54, 1.807) is 0 Å². The van der Waals surface area contributed by atoms with Gasteiger partial charge in [-0.05, 0) is 48.5 Å². The van der Waals surface area contributed by atoms with Gasteiger partial charge in [0.1, 0.15) is 0 Å². The van der Waals surface area contributed by atoms with Crippen LogP contribution >= 0.6 is 0 Å². The Bertz CT molecular complexity index is 2830. The first-order valence-corrected chi connectivity index (χ1v) is 17.9. The molecule has 0 spiro atoms. The van der Waals surface area contributed by atoms with Gasteiger partial charge in [-0.25, -0.2) is 4.99 Å². The van der Waals surface area contributed by atoms with Crippen LogP contribution < -0.4 is 10.2 Å². The summed E-state index contributed by atoms with van der Waals surface area (Å²) in [5.41, 5.74) is 14.0. The number of allylic oxidation sites excluding steroid dienone is 2. The zero-order chi connectivity index (χ0) is 34.2. The normalized spacial score (nSPS) is 16.2. The molecule has 1 atom stereocenters. The summed E-state index contributed by atoms with van der Waals surface area (Å²) in [5.74, 6) is 0.818. The summed E-state index contributed by atoms with van der Waals surface area (Å²) in [5, 5.41) is 7.50. The second-order valence-electron chi connectivity index (χ2n) is 13.6. The average molecular weight is 668 g/mol. The topological polar surface area (TPSA) is 37.5 Å². The molecule has 1 N–H and O–H groups in total. The van der Waals surface area contributed by atoms with Crippen molar-refractivity contribution in [3.63, 3.8) is 0 Å². The molecule has 8 aromatic rings. The molecule has 1 aliphatic carbocycles. The molecule has 11 rings (SSSR count). The summed E-state index contributed by atoms with van der Waals surface area (Å²) >= 11 is 0. The van der Waals surface area contributed by atoms with Crippen LogP contribution in [0.3, 0.4) is 0 Å². The standard InChI is InChI=1S/C47H33N5/c1-4-16-31(17-5-1)45-36-24-10-13-25-40(36)48-47(49-45)52-42-27-15-11-22-34(42)37-28-43-38(29-44(37)52)46-39(30-50(43)32-18-6-2-7-19-32)35-23-12-14-26-41(35)51(46)33-20-8-3-9-21-33/h1-29,40H,30H2,(H,48,49). The van der Waals surface area contributed by atoms with Crippen LogP contribution in [-0.2, 0) is 6.54 Å². The predicted octanol–water partition coefficient (Wildman–Crippen LogP) is 10.8. The van der Waals surface area contributed by atoms with Crippen molar-refractivity contribution in [3.8, 4) is 16.9 Å². The van der Waals surface area contributed by atoms with Crippen LogP contribution in [0.1, 0.15) is 11.1 Å². The van der Waals surface area contributed by atoms with Gasteiger partial charge >= 0.3 is 0 Å². The van der Waals surface area contributed by atoms with Crippen molar-refractivity contribution in [2.75, 3.05) is 4.90 Å². The molecule has 5 nitrogen and oxygen atoms in total. The fourth-order valence-electron chi connectivity index (χ4n) is 8.50. The van der Waals surface area contributed by atoms with Crippen molar-refractivity contribution < 1.29 is 0 Å². The number of rotatable bonds is 3. The maximum atomic E-state index is 5.45. The van der Waals surface area contributed by atoms with E-state index < -0.39 is 0 Å². The minimum absolute atomic E-state index is 0.00216. The van der Waals surface area contributed by atoms with Crippen LogP contribution in [0.25, 0.3) is 55.4 Å². The summed E-state index contributed by atoms with van der Waals surface area (Å²) in [6.45, 7) is 0.765. The molecule has 1 unspecified atom stereocenters. The van der Waals surface area contributed by atoms with Crippen LogP contribution in [0.4, 0.5) is 11.4 Å². The van der Waals surface area contributed by atoms with Crippen molar-refractivity contribution in [3.05, 3.63) is 193 Å². The van der Waals surface area contributed by atoms with E-state index in [4.69, 9.17) is 4.99 Å². The quantitative estimate of drug-likeness (QED) is 0.204. The van der Waals surface area contributed by atoms with Crippen LogP contribution in [0.5, 0.6) is 0 Å². The summed E-state index contributed by atoms with van der Waals surface area (Å²) in [6, 6.07) is 54.6. The van der Waals surface area contributed by atoms with Crippen molar-refractivity contribution in [2.45, 2.75) is 12.6 Å². The van der Waals surface area contributed by atoms with E-state index in [1.165, 1.54) is 55.4 Å². The number of anilines is 2. The fourth-order valence-corrected chi connectivity index (χ4v) is 8.50. The third-order valence-corrected chi connectivity index (χ3v) is 10.8. The van der Waals surface area contributed by atoms with Crippen molar-refractivity contribution in [2.24, 2.45) is 4.99 Å². The molecular weight excluding hydrogens is 635 g/mol. The zero-order valence-electron chi connectivity index (χ0n) is 28.3. The lowest BCUT2D eigenvalue weighted by Crippen LogP contribution is -2.42. The summed E-state index contributed by atoms with van der Waals surface area (Å²) in [6.07, 6.45) is 8.64. The third kappa shape index (κ3) is 4.26. The molecule has 2 aromatic heterocycles. The van der Waals surface area contributed by atoms with E-state index in [2.05, 4.69) is 195 Å². The SMILES string of the molecule is C1=CC2=C(c3ccccc3)N=C(n3c4ccccc4c4cc5c(cc43)-c3c(c4ccccc4n3-c3ccccc3)CN5c3ccccc3)NC2C=C1. The number of para-hydroxylation sites is 4. The minimum Gasteiger partial charge on any atom is -0.345 e. The summed E-state index contributed by atoms with van der Waals surface area (Å²) < 4.78 is 4.80. The number of hydrogen-bond donors (Lipinski definition) is 1. The van der Waals surface area contributed by atoms with Gasteiger partial charge in [0.05, 0.1) is 46.2 Å². The maximum absolute atomic E-state index is 5.45. The largest absolute Gasteiger partial charge is 0.345 e. The number of hydrogen-bond acceptors (Lipinski definition) is 3. The highest BCUT2D eigenvalue weighted by molar-refractivity contribution is 6.17. The average Bonchev–Trinajstić information content (AvgIpc) is 3.73. The molecule has 52 heavy (non-hydrogen) atoms. The Hall–Kier alpha value is -6.85. The van der Waals surface area contributed by atoms with E-state index in [0.29, 0.717) is 0 Å². The Morgan fingerprint density at radius 3 is 2.00 bits per heavy atom.